The summed E-state index contributed by atoms with van der Waals surface area (Å²) in [4.78, 5) is 24.8. The number of benzene rings is 1. The van der Waals surface area contributed by atoms with Crippen molar-refractivity contribution >= 4 is 11.9 Å². The average molecular weight is 231 g/mol. The lowest BCUT2D eigenvalue weighted by Gasteiger charge is -2.21. The van der Waals surface area contributed by atoms with Gasteiger partial charge in [0.1, 0.15) is 6.10 Å². The van der Waals surface area contributed by atoms with Crippen molar-refractivity contribution in [1.82, 2.24) is 4.90 Å². The monoisotopic (exact) mass is 231 g/mol. The van der Waals surface area contributed by atoms with Crippen LogP contribution in [0.5, 0.6) is 0 Å². The Kier molecular flexibility index (Phi) is 2.35. The van der Waals surface area contributed by atoms with Crippen LogP contribution in [-0.4, -0.2) is 28.9 Å². The maximum Gasteiger partial charge on any atom is 0.308 e. The van der Waals surface area contributed by atoms with E-state index in [0.717, 1.165) is 5.56 Å². The highest BCUT2D eigenvalue weighted by molar-refractivity contribution is 5.84. The van der Waals surface area contributed by atoms with E-state index >= 15 is 0 Å². The van der Waals surface area contributed by atoms with Crippen molar-refractivity contribution < 1.29 is 14.3 Å². The number of carbonyl (C=O) groups excluding carboxylic acids is 2. The van der Waals surface area contributed by atoms with Crippen LogP contribution in [0.15, 0.2) is 30.3 Å². The molecule has 0 aliphatic carbocycles. The van der Waals surface area contributed by atoms with Crippen LogP contribution in [0.4, 0.5) is 0 Å². The smallest absolute Gasteiger partial charge is 0.308 e. The van der Waals surface area contributed by atoms with Crippen LogP contribution in [0.1, 0.15) is 18.4 Å². The Balaban J connectivity index is 1.78. The second-order valence-corrected chi connectivity index (χ2v) is 4.51. The molecule has 1 amide bonds. The van der Waals surface area contributed by atoms with Gasteiger partial charge < -0.3 is 9.64 Å². The molecule has 2 fully saturated rings. The molecule has 0 radical (unpaired) electrons. The third-order valence-corrected chi connectivity index (χ3v) is 3.38. The van der Waals surface area contributed by atoms with Crippen molar-refractivity contribution in [3.63, 3.8) is 0 Å². The van der Waals surface area contributed by atoms with Gasteiger partial charge in [0.2, 0.25) is 5.91 Å². The molecule has 88 valence electrons. The molecule has 4 nitrogen and oxygen atoms in total. The number of nitrogens with zero attached hydrogens (tertiary/aromatic N) is 1. The molecule has 2 atom stereocenters. The normalized spacial score (nSPS) is 27.2. The molecular weight excluding hydrogens is 218 g/mol. The summed E-state index contributed by atoms with van der Waals surface area (Å²) >= 11 is 0. The summed E-state index contributed by atoms with van der Waals surface area (Å²) in [6.45, 7) is 0.567. The number of esters is 1. The van der Waals surface area contributed by atoms with E-state index in [0.29, 0.717) is 19.4 Å². The third kappa shape index (κ3) is 1.79. The second kappa shape index (κ2) is 3.87. The van der Waals surface area contributed by atoms with Crippen LogP contribution in [-0.2, 0) is 20.9 Å². The maximum absolute atomic E-state index is 11.8. The van der Waals surface area contributed by atoms with Crippen LogP contribution < -0.4 is 0 Å². The van der Waals surface area contributed by atoms with E-state index in [9.17, 15) is 9.59 Å². The molecule has 2 aliphatic heterocycles. The molecule has 0 bridgehead atoms. The summed E-state index contributed by atoms with van der Waals surface area (Å²) in [5.74, 6) is -0.109. The quantitative estimate of drug-likeness (QED) is 0.716. The van der Waals surface area contributed by atoms with E-state index in [1.807, 2.05) is 30.3 Å². The van der Waals surface area contributed by atoms with E-state index in [2.05, 4.69) is 0 Å². The summed E-state index contributed by atoms with van der Waals surface area (Å²) in [5, 5.41) is 0. The average Bonchev–Trinajstić information content (AvgIpc) is 2.79. The van der Waals surface area contributed by atoms with Crippen LogP contribution in [0.25, 0.3) is 0 Å². The predicted octanol–water partition coefficient (Wildman–Crippen LogP) is 1.10. The SMILES string of the molecule is O=C1C[C@@H]2[C@@H](CC(=O)N2Cc2ccccc2)O1. The number of hydrogen-bond donors (Lipinski definition) is 0. The first-order valence-electron chi connectivity index (χ1n) is 5.77. The molecule has 1 aromatic carbocycles. The van der Waals surface area contributed by atoms with Gasteiger partial charge in [-0.05, 0) is 5.56 Å². The Morgan fingerprint density at radius 1 is 1.18 bits per heavy atom. The molecule has 0 unspecified atom stereocenters. The molecule has 0 saturated carbocycles. The van der Waals surface area contributed by atoms with Gasteiger partial charge in [0.25, 0.3) is 0 Å². The van der Waals surface area contributed by atoms with Crippen LogP contribution in [0.2, 0.25) is 0 Å². The molecule has 2 aliphatic rings. The first-order valence-corrected chi connectivity index (χ1v) is 5.77. The first-order chi connectivity index (χ1) is 8.24. The van der Waals surface area contributed by atoms with Gasteiger partial charge in [-0.1, -0.05) is 30.3 Å². The van der Waals surface area contributed by atoms with Crippen LogP contribution in [0.3, 0.4) is 0 Å². The molecule has 0 aromatic heterocycles. The number of carbonyl (C=O) groups is 2. The molecule has 2 heterocycles. The molecule has 17 heavy (non-hydrogen) atoms. The number of ether oxygens (including phenoxy) is 1. The summed E-state index contributed by atoms with van der Waals surface area (Å²) < 4.78 is 5.12. The van der Waals surface area contributed by atoms with Crippen LogP contribution in [0, 0.1) is 0 Å². The van der Waals surface area contributed by atoms with Gasteiger partial charge in [-0.3, -0.25) is 9.59 Å². The van der Waals surface area contributed by atoms with Crippen molar-refractivity contribution in [2.45, 2.75) is 31.5 Å². The molecule has 3 rings (SSSR count). The highest BCUT2D eigenvalue weighted by atomic mass is 16.6. The Labute approximate surface area is 99.2 Å². The maximum atomic E-state index is 11.8. The van der Waals surface area contributed by atoms with Gasteiger partial charge in [0.05, 0.1) is 18.9 Å². The molecule has 0 N–H and O–H groups in total. The lowest BCUT2D eigenvalue weighted by Crippen LogP contribution is -2.34. The topological polar surface area (TPSA) is 46.6 Å². The minimum Gasteiger partial charge on any atom is -0.460 e. The molecule has 0 spiro atoms. The fourth-order valence-corrected chi connectivity index (χ4v) is 2.55. The number of amides is 1. The van der Waals surface area contributed by atoms with Gasteiger partial charge in [-0.2, -0.15) is 0 Å². The molecule has 2 saturated heterocycles. The van der Waals surface area contributed by atoms with Crippen molar-refractivity contribution in [2.24, 2.45) is 0 Å². The first kappa shape index (κ1) is 10.3. The summed E-state index contributed by atoms with van der Waals surface area (Å²) in [5.41, 5.74) is 1.08. The number of likely N-dealkylation sites (tertiary alicyclic amines) is 1. The zero-order chi connectivity index (χ0) is 11.8. The number of hydrogen-bond acceptors (Lipinski definition) is 3. The van der Waals surface area contributed by atoms with Crippen LogP contribution >= 0.6 is 0 Å². The van der Waals surface area contributed by atoms with Gasteiger partial charge in [-0.25, -0.2) is 0 Å². The number of rotatable bonds is 2. The summed E-state index contributed by atoms with van der Waals surface area (Å²) in [7, 11) is 0. The third-order valence-electron chi connectivity index (χ3n) is 3.38. The highest BCUT2D eigenvalue weighted by Gasteiger charge is 2.47. The Morgan fingerprint density at radius 2 is 1.94 bits per heavy atom. The van der Waals surface area contributed by atoms with E-state index in [1.165, 1.54) is 0 Å². The van der Waals surface area contributed by atoms with Crippen molar-refractivity contribution in [2.75, 3.05) is 0 Å². The van der Waals surface area contributed by atoms with E-state index in [1.54, 1.807) is 4.90 Å². The molecular formula is C13H13NO3. The standard InChI is InChI=1S/C13H13NO3/c15-12-7-11-10(6-13(16)17-11)14(12)8-9-4-2-1-3-5-9/h1-5,10-11H,6-8H2/t10-,11-/m1/s1. The lowest BCUT2D eigenvalue weighted by atomic mass is 10.1. The minimum atomic E-state index is -0.223. The van der Waals surface area contributed by atoms with Gasteiger partial charge in [-0.15, -0.1) is 0 Å². The fraction of sp³-hybridized carbons (Fsp3) is 0.385. The van der Waals surface area contributed by atoms with Gasteiger partial charge in [0.15, 0.2) is 0 Å². The minimum absolute atomic E-state index is 0.0600. The Hall–Kier alpha value is -1.84. The Bertz CT molecular complexity index is 457. The van der Waals surface area contributed by atoms with E-state index in [4.69, 9.17) is 4.74 Å². The Morgan fingerprint density at radius 3 is 2.71 bits per heavy atom. The molecule has 1 aromatic rings. The zero-order valence-corrected chi connectivity index (χ0v) is 9.33. The van der Waals surface area contributed by atoms with E-state index in [-0.39, 0.29) is 24.0 Å². The highest BCUT2D eigenvalue weighted by Crippen LogP contribution is 2.31. The number of fused-ring (bicyclic) bond motifs is 1. The second-order valence-electron chi connectivity index (χ2n) is 4.51. The van der Waals surface area contributed by atoms with Crippen molar-refractivity contribution in [1.29, 1.82) is 0 Å². The summed E-state index contributed by atoms with van der Waals surface area (Å²) in [6, 6.07) is 9.75. The van der Waals surface area contributed by atoms with Gasteiger partial charge >= 0.3 is 5.97 Å². The molecule has 4 heteroatoms. The lowest BCUT2D eigenvalue weighted by molar-refractivity contribution is -0.142. The summed E-state index contributed by atoms with van der Waals surface area (Å²) in [6.07, 6.45) is 0.450. The van der Waals surface area contributed by atoms with Gasteiger partial charge in [0, 0.05) is 6.54 Å². The fourth-order valence-electron chi connectivity index (χ4n) is 2.55. The van der Waals surface area contributed by atoms with E-state index < -0.39 is 0 Å². The van der Waals surface area contributed by atoms with Crippen molar-refractivity contribution in [3.8, 4) is 0 Å². The van der Waals surface area contributed by atoms with Crippen molar-refractivity contribution in [3.05, 3.63) is 35.9 Å². The zero-order valence-electron chi connectivity index (χ0n) is 9.33. The largest absolute Gasteiger partial charge is 0.460 e. The predicted molar refractivity (Wildman–Crippen MR) is 59.9 cm³/mol.